The first-order valence-electron chi connectivity index (χ1n) is 6.09. The number of hydrogen-bond acceptors (Lipinski definition) is 5. The molecule has 0 aliphatic rings. The van der Waals surface area contributed by atoms with Gasteiger partial charge in [0, 0.05) is 34.1 Å². The topological polar surface area (TPSA) is 101 Å². The molecule has 0 atom stereocenters. The fourth-order valence-corrected chi connectivity index (χ4v) is 4.47. The van der Waals surface area contributed by atoms with Crippen molar-refractivity contribution in [2.75, 3.05) is 6.26 Å². The molecule has 0 saturated heterocycles. The van der Waals surface area contributed by atoms with Crippen LogP contribution in [0.2, 0.25) is 10.0 Å². The maximum Gasteiger partial charge on any atom is 0.190 e. The van der Waals surface area contributed by atoms with Gasteiger partial charge in [-0.3, -0.25) is 4.79 Å². The van der Waals surface area contributed by atoms with Gasteiger partial charge in [-0.15, -0.1) is 0 Å². The Bertz CT molecular complexity index is 1010. The Morgan fingerprint density at radius 3 is 2.04 bits per heavy atom. The second-order valence-electron chi connectivity index (χ2n) is 4.82. The van der Waals surface area contributed by atoms with Gasteiger partial charge in [-0.25, -0.2) is 16.8 Å². The number of sulfone groups is 2. The summed E-state index contributed by atoms with van der Waals surface area (Å²) in [5.41, 5.74) is -0.783. The highest BCUT2D eigenvalue weighted by Gasteiger charge is 2.19. The van der Waals surface area contributed by atoms with Crippen LogP contribution in [0.5, 0.6) is 0 Å². The summed E-state index contributed by atoms with van der Waals surface area (Å²) in [5, 5.41) is 0.0178. The SMILES string of the molecule is CS(=O)(=O)c1cc(=O)c(CS(=O)(=O)c2cc(Cl)cc(Cl)c2)c[nH]1. The lowest BCUT2D eigenvalue weighted by molar-refractivity contribution is 0.595. The van der Waals surface area contributed by atoms with Gasteiger partial charge >= 0.3 is 0 Å². The molecule has 0 bridgehead atoms. The van der Waals surface area contributed by atoms with Crippen molar-refractivity contribution in [1.29, 1.82) is 0 Å². The van der Waals surface area contributed by atoms with Gasteiger partial charge in [0.05, 0.1) is 10.6 Å². The van der Waals surface area contributed by atoms with Crippen LogP contribution in [0.3, 0.4) is 0 Å². The standard InChI is InChI=1S/C13H11Cl2NO5S2/c1-22(18,19)13-5-12(17)8(6-16-13)7-23(20,21)11-3-9(14)2-10(15)4-11/h2-6H,7H2,1H3,(H,16,17). The van der Waals surface area contributed by atoms with Crippen molar-refractivity contribution in [3.05, 3.63) is 56.3 Å². The Labute approximate surface area is 142 Å². The molecule has 0 aliphatic carbocycles. The van der Waals surface area contributed by atoms with E-state index in [1.54, 1.807) is 0 Å². The molecular weight excluding hydrogens is 385 g/mol. The molecule has 1 heterocycles. The van der Waals surface area contributed by atoms with Crippen LogP contribution in [0.4, 0.5) is 0 Å². The minimum atomic E-state index is -3.87. The Balaban J connectivity index is 2.44. The van der Waals surface area contributed by atoms with E-state index in [0.29, 0.717) is 0 Å². The first-order valence-corrected chi connectivity index (χ1v) is 10.4. The molecule has 0 spiro atoms. The van der Waals surface area contributed by atoms with Crippen LogP contribution in [0.15, 0.2) is 45.2 Å². The normalized spacial score (nSPS) is 12.3. The highest BCUT2D eigenvalue weighted by atomic mass is 35.5. The number of aromatic nitrogens is 1. The number of nitrogens with one attached hydrogen (secondary N) is 1. The molecule has 1 aromatic carbocycles. The number of rotatable bonds is 4. The molecule has 10 heteroatoms. The van der Waals surface area contributed by atoms with E-state index in [-0.39, 0.29) is 25.5 Å². The molecular formula is C13H11Cl2NO5S2. The largest absolute Gasteiger partial charge is 0.352 e. The molecule has 0 radical (unpaired) electrons. The Kier molecular flexibility index (Phi) is 4.91. The second kappa shape index (κ2) is 6.27. The van der Waals surface area contributed by atoms with E-state index in [1.165, 1.54) is 18.2 Å². The Morgan fingerprint density at radius 2 is 1.57 bits per heavy atom. The van der Waals surface area contributed by atoms with Gasteiger partial charge in [0.2, 0.25) is 0 Å². The zero-order valence-electron chi connectivity index (χ0n) is 11.7. The van der Waals surface area contributed by atoms with Gasteiger partial charge in [0.15, 0.2) is 25.1 Å². The van der Waals surface area contributed by atoms with Crippen LogP contribution in [0.25, 0.3) is 0 Å². The minimum absolute atomic E-state index is 0.0894. The summed E-state index contributed by atoms with van der Waals surface area (Å²) < 4.78 is 47.4. The number of aromatic amines is 1. The highest BCUT2D eigenvalue weighted by Crippen LogP contribution is 2.24. The van der Waals surface area contributed by atoms with E-state index in [4.69, 9.17) is 23.2 Å². The van der Waals surface area contributed by atoms with Gasteiger partial charge in [0.25, 0.3) is 0 Å². The summed E-state index contributed by atoms with van der Waals surface area (Å²) in [6, 6.07) is 4.69. The molecule has 0 saturated carbocycles. The predicted octanol–water partition coefficient (Wildman–Crippen LogP) is 2.06. The van der Waals surface area contributed by atoms with Crippen molar-refractivity contribution in [3.8, 4) is 0 Å². The van der Waals surface area contributed by atoms with E-state index < -0.39 is 30.9 Å². The molecule has 0 amide bonds. The smallest absolute Gasteiger partial charge is 0.190 e. The van der Waals surface area contributed by atoms with Crippen LogP contribution < -0.4 is 5.43 Å². The number of hydrogen-bond donors (Lipinski definition) is 1. The number of H-pyrrole nitrogens is 1. The molecule has 0 fully saturated rings. The van der Waals surface area contributed by atoms with Crippen LogP contribution in [-0.4, -0.2) is 28.1 Å². The molecule has 0 aliphatic heterocycles. The summed E-state index contributed by atoms with van der Waals surface area (Å²) in [5.74, 6) is -0.608. The fourth-order valence-electron chi connectivity index (χ4n) is 1.81. The van der Waals surface area contributed by atoms with E-state index in [9.17, 15) is 21.6 Å². The molecule has 1 N–H and O–H groups in total. The number of benzene rings is 1. The monoisotopic (exact) mass is 395 g/mol. The molecule has 23 heavy (non-hydrogen) atoms. The molecule has 0 unspecified atom stereocenters. The van der Waals surface area contributed by atoms with E-state index in [1.807, 2.05) is 0 Å². The van der Waals surface area contributed by atoms with Crippen LogP contribution >= 0.6 is 23.2 Å². The first-order chi connectivity index (χ1) is 10.5. The lowest BCUT2D eigenvalue weighted by Crippen LogP contribution is -2.16. The number of halogens is 2. The summed E-state index contributed by atoms with van der Waals surface area (Å²) in [7, 11) is -7.46. The summed E-state index contributed by atoms with van der Waals surface area (Å²) in [6.07, 6.45) is 2.01. The zero-order valence-corrected chi connectivity index (χ0v) is 14.9. The minimum Gasteiger partial charge on any atom is -0.352 e. The summed E-state index contributed by atoms with van der Waals surface area (Å²) in [4.78, 5) is 14.2. The molecule has 2 aromatic rings. The van der Waals surface area contributed by atoms with Gasteiger partial charge < -0.3 is 4.98 Å². The summed E-state index contributed by atoms with van der Waals surface area (Å²) >= 11 is 11.6. The third-order valence-corrected chi connectivity index (χ3v) is 6.02. The average Bonchev–Trinajstić information content (AvgIpc) is 2.38. The molecule has 124 valence electrons. The summed E-state index contributed by atoms with van der Waals surface area (Å²) in [6.45, 7) is 0. The maximum absolute atomic E-state index is 12.4. The van der Waals surface area contributed by atoms with Crippen LogP contribution in [0, 0.1) is 0 Å². The lowest BCUT2D eigenvalue weighted by atomic mass is 10.3. The van der Waals surface area contributed by atoms with E-state index >= 15 is 0 Å². The lowest BCUT2D eigenvalue weighted by Gasteiger charge is -2.06. The van der Waals surface area contributed by atoms with Crippen LogP contribution in [0.1, 0.15) is 5.56 Å². The highest BCUT2D eigenvalue weighted by molar-refractivity contribution is 7.91. The first kappa shape index (κ1) is 18.0. The van der Waals surface area contributed by atoms with Crippen molar-refractivity contribution >= 4 is 42.9 Å². The van der Waals surface area contributed by atoms with Crippen molar-refractivity contribution in [1.82, 2.24) is 4.98 Å². The van der Waals surface area contributed by atoms with Gasteiger partial charge in [-0.1, -0.05) is 23.2 Å². The van der Waals surface area contributed by atoms with E-state index in [2.05, 4.69) is 4.98 Å². The van der Waals surface area contributed by atoms with Crippen LogP contribution in [-0.2, 0) is 25.4 Å². The quantitative estimate of drug-likeness (QED) is 0.853. The van der Waals surface area contributed by atoms with Crippen molar-refractivity contribution in [2.45, 2.75) is 15.7 Å². The van der Waals surface area contributed by atoms with Gasteiger partial charge in [0.1, 0.15) is 5.03 Å². The maximum atomic E-state index is 12.4. The zero-order chi connectivity index (χ0) is 17.4. The van der Waals surface area contributed by atoms with E-state index in [0.717, 1.165) is 18.5 Å². The third-order valence-electron chi connectivity index (χ3n) is 2.91. The second-order valence-corrected chi connectivity index (χ2v) is 9.67. The van der Waals surface area contributed by atoms with Crippen molar-refractivity contribution in [2.24, 2.45) is 0 Å². The molecule has 1 aromatic heterocycles. The Hall–Kier alpha value is -1.35. The van der Waals surface area contributed by atoms with Crippen molar-refractivity contribution < 1.29 is 16.8 Å². The Morgan fingerprint density at radius 1 is 1.00 bits per heavy atom. The van der Waals surface area contributed by atoms with Gasteiger partial charge in [-0.05, 0) is 18.2 Å². The van der Waals surface area contributed by atoms with Gasteiger partial charge in [-0.2, -0.15) is 0 Å². The molecule has 6 nitrogen and oxygen atoms in total. The van der Waals surface area contributed by atoms with Crippen molar-refractivity contribution in [3.63, 3.8) is 0 Å². The fraction of sp³-hybridized carbons (Fsp3) is 0.154. The average molecular weight is 396 g/mol. The molecule has 2 rings (SSSR count). The third kappa shape index (κ3) is 4.35. The number of pyridine rings is 1. The predicted molar refractivity (Wildman–Crippen MR) is 87.5 cm³/mol.